The van der Waals surface area contributed by atoms with E-state index >= 15 is 0 Å². The van der Waals surface area contributed by atoms with Gasteiger partial charge in [0.15, 0.2) is 0 Å². The highest BCUT2D eigenvalue weighted by Crippen LogP contribution is 2.22. The van der Waals surface area contributed by atoms with Gasteiger partial charge in [0.1, 0.15) is 0 Å². The minimum absolute atomic E-state index is 0.244. The van der Waals surface area contributed by atoms with E-state index in [9.17, 15) is 18.5 Å². The molecule has 7 nitrogen and oxygen atoms in total. The molecule has 0 aromatic heterocycles. The van der Waals surface area contributed by atoms with Crippen LogP contribution < -0.4 is 4.83 Å². The first-order valence-corrected chi connectivity index (χ1v) is 8.22. The summed E-state index contributed by atoms with van der Waals surface area (Å²) < 4.78 is 24.2. The van der Waals surface area contributed by atoms with Crippen molar-refractivity contribution in [3.8, 4) is 0 Å². The standard InChI is InChI=1S/C14H12ClN3O4S/c1-10-6-7-12(8-14(10)18(19)20)23(21,22)17-16-9-11-4-2-3-5-13(11)15/h2-9,17H,1H3. The summed E-state index contributed by atoms with van der Waals surface area (Å²) in [5.74, 6) is 0. The predicted molar refractivity (Wildman–Crippen MR) is 87.2 cm³/mol. The Morgan fingerprint density at radius 2 is 1.96 bits per heavy atom. The molecule has 2 rings (SSSR count). The first-order chi connectivity index (χ1) is 10.8. The molecule has 9 heteroatoms. The minimum atomic E-state index is -4.01. The van der Waals surface area contributed by atoms with Crippen LogP contribution in [0.2, 0.25) is 5.02 Å². The summed E-state index contributed by atoms with van der Waals surface area (Å²) in [7, 11) is -4.01. The number of nitrogens with one attached hydrogen (secondary N) is 1. The van der Waals surface area contributed by atoms with E-state index in [0.29, 0.717) is 16.1 Å². The summed E-state index contributed by atoms with van der Waals surface area (Å²) in [5.41, 5.74) is 0.628. The molecule has 1 N–H and O–H groups in total. The molecule has 0 radical (unpaired) electrons. The lowest BCUT2D eigenvalue weighted by molar-refractivity contribution is -0.385. The van der Waals surface area contributed by atoms with Crippen LogP contribution in [0.1, 0.15) is 11.1 Å². The van der Waals surface area contributed by atoms with E-state index in [1.165, 1.54) is 25.3 Å². The lowest BCUT2D eigenvalue weighted by Gasteiger charge is -2.04. The maximum absolute atomic E-state index is 12.1. The van der Waals surface area contributed by atoms with Gasteiger partial charge < -0.3 is 0 Å². The average molecular weight is 354 g/mol. The Bertz CT molecular complexity index is 881. The summed E-state index contributed by atoms with van der Waals surface area (Å²) >= 11 is 5.92. The van der Waals surface area contributed by atoms with Crippen molar-refractivity contribution in [1.82, 2.24) is 4.83 Å². The monoisotopic (exact) mass is 353 g/mol. The van der Waals surface area contributed by atoms with Gasteiger partial charge in [0.2, 0.25) is 0 Å². The van der Waals surface area contributed by atoms with Gasteiger partial charge in [-0.25, -0.2) is 4.83 Å². The van der Waals surface area contributed by atoms with E-state index in [4.69, 9.17) is 11.6 Å². The Labute approximate surface area is 137 Å². The van der Waals surface area contributed by atoms with Crippen LogP contribution in [0, 0.1) is 17.0 Å². The number of halogens is 1. The van der Waals surface area contributed by atoms with Crippen LogP contribution >= 0.6 is 11.6 Å². The van der Waals surface area contributed by atoms with Crippen molar-refractivity contribution in [1.29, 1.82) is 0 Å². The Kier molecular flexibility index (Phi) is 4.97. The molecule has 0 heterocycles. The van der Waals surface area contributed by atoms with E-state index in [0.717, 1.165) is 6.07 Å². The first-order valence-electron chi connectivity index (χ1n) is 6.36. The van der Waals surface area contributed by atoms with E-state index < -0.39 is 14.9 Å². The molecule has 0 unspecified atom stereocenters. The van der Waals surface area contributed by atoms with E-state index in [1.54, 1.807) is 24.3 Å². The lowest BCUT2D eigenvalue weighted by Crippen LogP contribution is -2.18. The first kappa shape index (κ1) is 16.9. The molecule has 0 fully saturated rings. The molecule has 0 aliphatic carbocycles. The average Bonchev–Trinajstić information content (AvgIpc) is 2.49. The Hall–Kier alpha value is -2.45. The van der Waals surface area contributed by atoms with Crippen molar-refractivity contribution in [3.05, 3.63) is 68.7 Å². The molecular weight excluding hydrogens is 342 g/mol. The predicted octanol–water partition coefficient (Wildman–Crippen LogP) is 2.87. The Morgan fingerprint density at radius 1 is 1.26 bits per heavy atom. The number of sulfonamides is 1. The minimum Gasteiger partial charge on any atom is -0.258 e. The second-order valence-corrected chi connectivity index (χ2v) is 6.65. The number of aryl methyl sites for hydroxylation is 1. The molecular formula is C14H12ClN3O4S. The maximum Gasteiger partial charge on any atom is 0.276 e. The molecule has 0 amide bonds. The van der Waals surface area contributed by atoms with Crippen molar-refractivity contribution in [2.24, 2.45) is 5.10 Å². The highest BCUT2D eigenvalue weighted by atomic mass is 35.5. The van der Waals surface area contributed by atoms with Crippen molar-refractivity contribution in [2.45, 2.75) is 11.8 Å². The van der Waals surface area contributed by atoms with Crippen LogP contribution in [0.4, 0.5) is 5.69 Å². The third-order valence-electron chi connectivity index (χ3n) is 2.97. The number of nitro groups is 1. The zero-order valence-electron chi connectivity index (χ0n) is 11.9. The quantitative estimate of drug-likeness (QED) is 0.507. The molecule has 120 valence electrons. The van der Waals surface area contributed by atoms with Gasteiger partial charge in [-0.1, -0.05) is 35.9 Å². The van der Waals surface area contributed by atoms with Gasteiger partial charge in [0.25, 0.3) is 15.7 Å². The van der Waals surface area contributed by atoms with Gasteiger partial charge in [-0.3, -0.25) is 10.1 Å². The Morgan fingerprint density at radius 3 is 2.61 bits per heavy atom. The fourth-order valence-corrected chi connectivity index (χ4v) is 2.75. The highest BCUT2D eigenvalue weighted by Gasteiger charge is 2.19. The molecule has 2 aromatic rings. The Balaban J connectivity index is 2.24. The number of nitrogens with zero attached hydrogens (tertiary/aromatic N) is 2. The van der Waals surface area contributed by atoms with Crippen LogP contribution in [0.5, 0.6) is 0 Å². The molecule has 0 saturated carbocycles. The third-order valence-corrected chi connectivity index (χ3v) is 4.53. The van der Waals surface area contributed by atoms with Crippen molar-refractivity contribution in [3.63, 3.8) is 0 Å². The summed E-state index contributed by atoms with van der Waals surface area (Å²) in [6, 6.07) is 10.4. The normalized spacial score (nSPS) is 11.6. The van der Waals surface area contributed by atoms with Gasteiger partial charge in [-0.05, 0) is 19.1 Å². The van der Waals surface area contributed by atoms with E-state index in [-0.39, 0.29) is 10.6 Å². The summed E-state index contributed by atoms with van der Waals surface area (Å²) in [6.45, 7) is 1.53. The van der Waals surface area contributed by atoms with Crippen molar-refractivity contribution < 1.29 is 13.3 Å². The largest absolute Gasteiger partial charge is 0.276 e. The molecule has 2 aromatic carbocycles. The second-order valence-electron chi connectivity index (χ2n) is 4.58. The summed E-state index contributed by atoms with van der Waals surface area (Å²) in [6.07, 6.45) is 1.25. The van der Waals surface area contributed by atoms with Crippen LogP contribution in [0.3, 0.4) is 0 Å². The van der Waals surface area contributed by atoms with Crippen molar-refractivity contribution >= 4 is 33.5 Å². The second kappa shape index (κ2) is 6.76. The molecule has 0 saturated heterocycles. The lowest BCUT2D eigenvalue weighted by atomic mass is 10.2. The number of hydrazone groups is 1. The number of hydrogen-bond donors (Lipinski definition) is 1. The number of rotatable bonds is 5. The summed E-state index contributed by atoms with van der Waals surface area (Å²) in [5, 5.41) is 14.9. The molecule has 0 aliphatic rings. The third kappa shape index (κ3) is 4.05. The van der Waals surface area contributed by atoms with Gasteiger partial charge in [-0.15, -0.1) is 0 Å². The van der Waals surface area contributed by atoms with Crippen molar-refractivity contribution in [2.75, 3.05) is 0 Å². The number of benzene rings is 2. The van der Waals surface area contributed by atoms with Crippen LogP contribution in [0.15, 0.2) is 52.5 Å². The fraction of sp³-hybridized carbons (Fsp3) is 0.0714. The molecule has 0 spiro atoms. The van der Waals surface area contributed by atoms with Crippen LogP contribution in [-0.2, 0) is 10.0 Å². The van der Waals surface area contributed by atoms with E-state index in [2.05, 4.69) is 5.10 Å². The van der Waals surface area contributed by atoms with E-state index in [1.807, 2.05) is 4.83 Å². The SMILES string of the molecule is Cc1ccc(S(=O)(=O)NN=Cc2ccccc2Cl)cc1[N+](=O)[O-]. The topological polar surface area (TPSA) is 102 Å². The number of nitro benzene ring substituents is 1. The molecule has 0 atom stereocenters. The smallest absolute Gasteiger partial charge is 0.258 e. The zero-order valence-corrected chi connectivity index (χ0v) is 13.5. The fourth-order valence-electron chi connectivity index (χ4n) is 1.75. The maximum atomic E-state index is 12.1. The molecule has 0 aliphatic heterocycles. The highest BCUT2D eigenvalue weighted by molar-refractivity contribution is 7.89. The summed E-state index contributed by atoms with van der Waals surface area (Å²) in [4.78, 5) is 12.0. The van der Waals surface area contributed by atoms with Crippen LogP contribution in [-0.4, -0.2) is 19.6 Å². The molecule has 0 bridgehead atoms. The van der Waals surface area contributed by atoms with Gasteiger partial charge in [-0.2, -0.15) is 13.5 Å². The van der Waals surface area contributed by atoms with Crippen LogP contribution in [0.25, 0.3) is 0 Å². The molecule has 23 heavy (non-hydrogen) atoms. The van der Waals surface area contributed by atoms with Gasteiger partial charge >= 0.3 is 0 Å². The van der Waals surface area contributed by atoms with Gasteiger partial charge in [0.05, 0.1) is 16.0 Å². The zero-order chi connectivity index (χ0) is 17.0. The number of hydrogen-bond acceptors (Lipinski definition) is 5. The van der Waals surface area contributed by atoms with Gasteiger partial charge in [0, 0.05) is 22.2 Å².